The number of hydrogen-bond donors (Lipinski definition) is 1. The van der Waals surface area contributed by atoms with Crippen molar-refractivity contribution in [3.8, 4) is 0 Å². The third-order valence-electron chi connectivity index (χ3n) is 2.53. The van der Waals surface area contributed by atoms with Crippen molar-refractivity contribution in [1.82, 2.24) is 0 Å². The van der Waals surface area contributed by atoms with Gasteiger partial charge in [0, 0.05) is 17.9 Å². The number of nitrogens with one attached hydrogen (secondary N) is 1. The molecular weight excluding hydrogens is 301 g/mol. The fourth-order valence-electron chi connectivity index (χ4n) is 1.63. The van der Waals surface area contributed by atoms with Gasteiger partial charge in [0.15, 0.2) is 5.05 Å². The molecular formula is C14H17ClFNO2S. The maximum atomic E-state index is 13.8. The average molecular weight is 318 g/mol. The van der Waals surface area contributed by atoms with Crippen LogP contribution in [-0.4, -0.2) is 17.6 Å². The Kier molecular flexibility index (Phi) is 6.88. The van der Waals surface area contributed by atoms with Crippen molar-refractivity contribution in [1.29, 1.82) is 0 Å². The van der Waals surface area contributed by atoms with Crippen molar-refractivity contribution in [3.63, 3.8) is 0 Å². The highest BCUT2D eigenvalue weighted by atomic mass is 35.5. The lowest BCUT2D eigenvalue weighted by atomic mass is 10.1. The lowest BCUT2D eigenvalue weighted by molar-refractivity contribution is -0.116. The summed E-state index contributed by atoms with van der Waals surface area (Å²) in [4.78, 5) is 11.5. The minimum Gasteiger partial charge on any atom is -0.487 e. The third-order valence-corrected chi connectivity index (χ3v) is 3.14. The zero-order valence-corrected chi connectivity index (χ0v) is 13.0. The highest BCUT2D eigenvalue weighted by Crippen LogP contribution is 2.25. The fourth-order valence-corrected chi connectivity index (χ4v) is 2.12. The predicted octanol–water partition coefficient (Wildman–Crippen LogP) is 4.12. The molecule has 6 heteroatoms. The number of anilines is 1. The number of hydrogen-bond acceptors (Lipinski definition) is 3. The zero-order valence-electron chi connectivity index (χ0n) is 11.5. The number of halogens is 2. The third kappa shape index (κ3) is 5.06. The van der Waals surface area contributed by atoms with E-state index in [2.05, 4.69) is 5.32 Å². The number of ether oxygens (including phenoxy) is 1. The van der Waals surface area contributed by atoms with Gasteiger partial charge in [-0.1, -0.05) is 18.5 Å². The van der Waals surface area contributed by atoms with E-state index in [9.17, 15) is 9.18 Å². The number of thiocarbonyl (C=S) groups is 1. The molecule has 1 aromatic rings. The van der Waals surface area contributed by atoms with Crippen LogP contribution in [0.15, 0.2) is 12.1 Å². The van der Waals surface area contributed by atoms with Gasteiger partial charge in [0.2, 0.25) is 5.91 Å². The van der Waals surface area contributed by atoms with Gasteiger partial charge in [-0.05, 0) is 43.3 Å². The monoisotopic (exact) mass is 317 g/mol. The second-order valence-electron chi connectivity index (χ2n) is 4.20. The summed E-state index contributed by atoms with van der Waals surface area (Å²) in [6.45, 7) is 4.18. The molecule has 0 saturated carbocycles. The van der Waals surface area contributed by atoms with Crippen LogP contribution in [0.25, 0.3) is 0 Å². The molecule has 0 spiro atoms. The van der Waals surface area contributed by atoms with Crippen LogP contribution < -0.4 is 5.32 Å². The summed E-state index contributed by atoms with van der Waals surface area (Å²) < 4.78 is 18.9. The average Bonchev–Trinajstić information content (AvgIpc) is 2.35. The van der Waals surface area contributed by atoms with Gasteiger partial charge in [-0.3, -0.25) is 4.79 Å². The number of amides is 1. The lowest BCUT2D eigenvalue weighted by Gasteiger charge is -2.11. The molecule has 0 aliphatic heterocycles. The van der Waals surface area contributed by atoms with Crippen LogP contribution in [0.5, 0.6) is 0 Å². The molecule has 0 atom stereocenters. The molecule has 0 saturated heterocycles. The molecule has 0 aliphatic carbocycles. The fraction of sp³-hybridized carbons (Fsp3) is 0.429. The van der Waals surface area contributed by atoms with Crippen LogP contribution in [0.4, 0.5) is 10.1 Å². The van der Waals surface area contributed by atoms with Crippen molar-refractivity contribution in [2.24, 2.45) is 0 Å². The van der Waals surface area contributed by atoms with Crippen molar-refractivity contribution < 1.29 is 13.9 Å². The Labute approximate surface area is 128 Å². The van der Waals surface area contributed by atoms with Gasteiger partial charge in [0.1, 0.15) is 5.82 Å². The van der Waals surface area contributed by atoms with Gasteiger partial charge in [0.05, 0.1) is 12.3 Å². The largest absolute Gasteiger partial charge is 0.487 e. The van der Waals surface area contributed by atoms with Gasteiger partial charge >= 0.3 is 0 Å². The van der Waals surface area contributed by atoms with Crippen LogP contribution in [0.3, 0.4) is 0 Å². The first-order valence-corrected chi connectivity index (χ1v) is 7.19. The van der Waals surface area contributed by atoms with Crippen LogP contribution in [0.1, 0.15) is 32.3 Å². The Morgan fingerprint density at radius 1 is 1.45 bits per heavy atom. The standard InChI is InChI=1S/C14H17ClFNO2S/c1-3-5-13(18)17-12-6-9(7-14(20)19-4-2)10(15)8-11(12)16/h6,8H,3-5,7H2,1-2H3,(H,17,18). The van der Waals surface area contributed by atoms with Crippen LogP contribution >= 0.6 is 23.8 Å². The van der Waals surface area contributed by atoms with Gasteiger partial charge in [-0.15, -0.1) is 0 Å². The van der Waals surface area contributed by atoms with Crippen molar-refractivity contribution in [2.75, 3.05) is 11.9 Å². The summed E-state index contributed by atoms with van der Waals surface area (Å²) in [6, 6.07) is 2.67. The smallest absolute Gasteiger partial charge is 0.224 e. The summed E-state index contributed by atoms with van der Waals surface area (Å²) in [7, 11) is 0. The Hall–Kier alpha value is -1.20. The summed E-state index contributed by atoms with van der Waals surface area (Å²) in [5.74, 6) is -0.794. The Morgan fingerprint density at radius 2 is 2.15 bits per heavy atom. The molecule has 0 radical (unpaired) electrons. The first-order valence-electron chi connectivity index (χ1n) is 6.41. The van der Waals surface area contributed by atoms with Crippen molar-refractivity contribution >= 4 is 40.5 Å². The summed E-state index contributed by atoms with van der Waals surface area (Å²) in [5.41, 5.74) is 0.737. The van der Waals surface area contributed by atoms with Crippen molar-refractivity contribution in [3.05, 3.63) is 28.5 Å². The van der Waals surface area contributed by atoms with E-state index in [4.69, 9.17) is 28.6 Å². The number of carbonyl (C=O) groups is 1. The molecule has 1 amide bonds. The SMILES string of the molecule is CCCC(=O)Nc1cc(CC(=S)OCC)c(Cl)cc1F. The molecule has 0 fully saturated rings. The molecule has 0 aromatic heterocycles. The molecule has 0 bridgehead atoms. The van der Waals surface area contributed by atoms with E-state index < -0.39 is 5.82 Å². The second kappa shape index (κ2) is 8.17. The second-order valence-corrected chi connectivity index (χ2v) is 5.07. The van der Waals surface area contributed by atoms with E-state index in [0.717, 1.165) is 0 Å². The summed E-state index contributed by atoms with van der Waals surface area (Å²) >= 11 is 11.0. The number of carbonyl (C=O) groups excluding carboxylic acids is 1. The first-order chi connectivity index (χ1) is 9.47. The number of benzene rings is 1. The lowest BCUT2D eigenvalue weighted by Crippen LogP contribution is -2.13. The topological polar surface area (TPSA) is 38.3 Å². The van der Waals surface area contributed by atoms with Crippen molar-refractivity contribution in [2.45, 2.75) is 33.1 Å². The van der Waals surface area contributed by atoms with Crippen LogP contribution in [0.2, 0.25) is 5.02 Å². The van der Waals surface area contributed by atoms with Crippen LogP contribution in [0, 0.1) is 5.82 Å². The van der Waals surface area contributed by atoms with Gasteiger partial charge in [-0.25, -0.2) is 4.39 Å². The van der Waals surface area contributed by atoms with E-state index >= 15 is 0 Å². The van der Waals surface area contributed by atoms with E-state index in [1.807, 2.05) is 13.8 Å². The van der Waals surface area contributed by atoms with Crippen LogP contribution in [-0.2, 0) is 16.0 Å². The van der Waals surface area contributed by atoms with E-state index in [0.29, 0.717) is 36.5 Å². The Bertz CT molecular complexity index is 467. The normalized spacial score (nSPS) is 10.2. The summed E-state index contributed by atoms with van der Waals surface area (Å²) in [5, 5.41) is 3.17. The molecule has 1 N–H and O–H groups in total. The molecule has 0 aliphatic rings. The van der Waals surface area contributed by atoms with Gasteiger partial charge in [0.25, 0.3) is 0 Å². The maximum absolute atomic E-state index is 13.8. The first kappa shape index (κ1) is 16.9. The number of rotatable bonds is 6. The quantitative estimate of drug-likeness (QED) is 0.802. The zero-order chi connectivity index (χ0) is 15.1. The van der Waals surface area contributed by atoms with Gasteiger partial charge in [-0.2, -0.15) is 0 Å². The molecule has 0 unspecified atom stereocenters. The van der Waals surface area contributed by atoms with E-state index in [1.54, 1.807) is 0 Å². The predicted molar refractivity (Wildman–Crippen MR) is 82.9 cm³/mol. The molecule has 0 heterocycles. The highest BCUT2D eigenvalue weighted by Gasteiger charge is 2.12. The molecule has 110 valence electrons. The molecule has 1 aromatic carbocycles. The van der Waals surface area contributed by atoms with E-state index in [1.165, 1.54) is 12.1 Å². The van der Waals surface area contributed by atoms with Gasteiger partial charge < -0.3 is 10.1 Å². The molecule has 20 heavy (non-hydrogen) atoms. The Morgan fingerprint density at radius 3 is 2.75 bits per heavy atom. The Balaban J connectivity index is 2.91. The minimum atomic E-state index is -0.564. The maximum Gasteiger partial charge on any atom is 0.224 e. The van der Waals surface area contributed by atoms with E-state index in [-0.39, 0.29) is 16.6 Å². The minimum absolute atomic E-state index is 0.113. The highest BCUT2D eigenvalue weighted by molar-refractivity contribution is 7.80. The molecule has 1 rings (SSSR count). The molecule has 3 nitrogen and oxygen atoms in total. The summed E-state index contributed by atoms with van der Waals surface area (Å²) in [6.07, 6.45) is 1.34.